The molecule has 9 nitrogen and oxygen atoms in total. The molecule has 0 aliphatic rings. The molecule has 0 aliphatic heterocycles. The average molecular weight is 1210 g/mol. The Labute approximate surface area is 526 Å². The number of nitrogens with one attached hydrogen (secondary N) is 1. The van der Waals surface area contributed by atoms with Crippen LogP contribution in [0.1, 0.15) is 329 Å². The minimum atomic E-state index is -4.72. The van der Waals surface area contributed by atoms with Crippen molar-refractivity contribution in [3.8, 4) is 0 Å². The molecule has 494 valence electrons. The monoisotopic (exact) mass is 1210 g/mol. The van der Waals surface area contributed by atoms with Gasteiger partial charge in [-0.3, -0.25) is 14.2 Å². The zero-order valence-corrected chi connectivity index (χ0v) is 57.4. The number of nitrogens with zero attached hydrogens (tertiary/aromatic N) is 1. The molecule has 0 heterocycles. The summed E-state index contributed by atoms with van der Waals surface area (Å²) in [6, 6.07) is -0.906. The first-order chi connectivity index (χ1) is 41.4. The second-order valence-corrected chi connectivity index (χ2v) is 26.8. The van der Waals surface area contributed by atoms with Crippen LogP contribution in [0.4, 0.5) is 0 Å². The molecule has 0 aromatic carbocycles. The number of unbranched alkanes of at least 4 members (excludes halogenated alkanes) is 37. The number of allylic oxidation sites excluding steroid dienone is 13. The van der Waals surface area contributed by atoms with Gasteiger partial charge in [0.2, 0.25) is 5.91 Å². The minimum Gasteiger partial charge on any atom is -0.756 e. The zero-order valence-electron chi connectivity index (χ0n) is 56.6. The van der Waals surface area contributed by atoms with Crippen LogP contribution in [0.2, 0.25) is 0 Å². The van der Waals surface area contributed by atoms with Crippen LogP contribution < -0.4 is 10.2 Å². The number of esters is 1. The molecule has 3 unspecified atom stereocenters. The summed E-state index contributed by atoms with van der Waals surface area (Å²) in [5.41, 5.74) is 0. The van der Waals surface area contributed by atoms with Crippen molar-refractivity contribution in [2.24, 2.45) is 0 Å². The number of rotatable bonds is 65. The molecule has 0 fully saturated rings. The summed E-state index contributed by atoms with van der Waals surface area (Å²) in [6.45, 7) is 6.75. The summed E-state index contributed by atoms with van der Waals surface area (Å²) in [7, 11) is 1.17. The van der Waals surface area contributed by atoms with Gasteiger partial charge in [-0.1, -0.05) is 318 Å². The van der Waals surface area contributed by atoms with Crippen molar-refractivity contribution < 1.29 is 37.3 Å². The molecule has 85 heavy (non-hydrogen) atoms. The number of amides is 1. The molecule has 0 saturated carbocycles. The van der Waals surface area contributed by atoms with Gasteiger partial charge in [0.25, 0.3) is 7.82 Å². The first kappa shape index (κ1) is 82.2. The summed E-state index contributed by atoms with van der Waals surface area (Å²) in [4.78, 5) is 40.2. The quantitative estimate of drug-likeness (QED) is 0.0212. The van der Waals surface area contributed by atoms with Gasteiger partial charge in [0.05, 0.1) is 33.8 Å². The average Bonchev–Trinajstić information content (AvgIpc) is 3.52. The maximum Gasteiger partial charge on any atom is 0.306 e. The Balaban J connectivity index is 5.15. The fraction of sp³-hybridized carbons (Fsp3) is 0.787. The van der Waals surface area contributed by atoms with Crippen molar-refractivity contribution in [1.29, 1.82) is 0 Å². The number of carbonyl (C=O) groups is 2. The third-order valence-electron chi connectivity index (χ3n) is 15.8. The Morgan fingerprint density at radius 2 is 0.753 bits per heavy atom. The van der Waals surface area contributed by atoms with Crippen molar-refractivity contribution in [1.82, 2.24) is 5.32 Å². The summed E-state index contributed by atoms with van der Waals surface area (Å²) < 4.78 is 30.5. The van der Waals surface area contributed by atoms with E-state index in [-0.39, 0.29) is 31.3 Å². The molecule has 0 aromatic rings. The van der Waals surface area contributed by atoms with E-state index >= 15 is 0 Å². The molecule has 1 N–H and O–H groups in total. The van der Waals surface area contributed by atoms with Gasteiger partial charge in [0.1, 0.15) is 19.3 Å². The maximum absolute atomic E-state index is 13.6. The summed E-state index contributed by atoms with van der Waals surface area (Å²) >= 11 is 0. The molecule has 0 saturated heterocycles. The Bertz CT molecular complexity index is 1730. The number of quaternary nitrogens is 1. The number of carbonyl (C=O) groups excluding carboxylic acids is 2. The highest BCUT2D eigenvalue weighted by Crippen LogP contribution is 2.38. The minimum absolute atomic E-state index is 0.0295. The first-order valence-corrected chi connectivity index (χ1v) is 37.4. The van der Waals surface area contributed by atoms with Crippen LogP contribution in [-0.4, -0.2) is 69.4 Å². The van der Waals surface area contributed by atoms with E-state index in [1.807, 2.05) is 33.3 Å². The van der Waals surface area contributed by atoms with Gasteiger partial charge >= 0.3 is 5.97 Å². The van der Waals surface area contributed by atoms with Crippen molar-refractivity contribution in [2.45, 2.75) is 341 Å². The molecular formula is C75H137N2O7P. The standard InChI is InChI=1S/C75H137N2O7P/c1-7-10-13-16-19-22-25-28-30-32-34-36-38-40-42-44-46-49-52-55-58-61-64-67-74(78)76-72(71-83-85(80,81)82-70-69-77(4,5)6)73(66-63-60-57-54-51-48-27-24-21-18-15-12-9-3)84-75(79)68-65-62-59-56-53-50-47-45-43-41-39-37-35-33-31-29-26-23-20-17-14-11-8-2/h10,13,19,22,28,30,34,36,40,42,46,49,63,66,72-73H,7-9,11-12,14-18,20-21,23-27,29,31-33,35,37-39,41,43-45,47-48,50-62,64-65,67-71H2,1-6H3,(H-,76,78,80,81)/b13-10-,22-19-,30-28-,36-34-,42-40-,49-46-,66-63+. The molecule has 0 bridgehead atoms. The maximum atomic E-state index is 13.6. The molecule has 0 rings (SSSR count). The van der Waals surface area contributed by atoms with E-state index in [2.05, 4.69) is 99.0 Å². The summed E-state index contributed by atoms with van der Waals surface area (Å²) in [5.74, 6) is -0.560. The van der Waals surface area contributed by atoms with Crippen LogP contribution in [0.15, 0.2) is 85.1 Å². The van der Waals surface area contributed by atoms with Gasteiger partial charge in [-0.15, -0.1) is 0 Å². The van der Waals surface area contributed by atoms with E-state index in [4.69, 9.17) is 13.8 Å². The highest BCUT2D eigenvalue weighted by molar-refractivity contribution is 7.45. The van der Waals surface area contributed by atoms with Gasteiger partial charge in [-0.2, -0.15) is 0 Å². The van der Waals surface area contributed by atoms with E-state index in [1.54, 1.807) is 0 Å². The van der Waals surface area contributed by atoms with Gasteiger partial charge in [-0.05, 0) is 83.1 Å². The lowest BCUT2D eigenvalue weighted by molar-refractivity contribution is -0.870. The van der Waals surface area contributed by atoms with Crippen LogP contribution in [0.5, 0.6) is 0 Å². The molecule has 1 amide bonds. The second-order valence-electron chi connectivity index (χ2n) is 25.4. The molecule has 0 aromatic heterocycles. The van der Waals surface area contributed by atoms with E-state index in [1.165, 1.54) is 186 Å². The van der Waals surface area contributed by atoms with Crippen LogP contribution in [-0.2, 0) is 27.9 Å². The molecular weight excluding hydrogens is 1070 g/mol. The van der Waals surface area contributed by atoms with E-state index in [0.717, 1.165) is 103 Å². The van der Waals surface area contributed by atoms with Crippen molar-refractivity contribution >= 4 is 19.7 Å². The van der Waals surface area contributed by atoms with Crippen LogP contribution >= 0.6 is 7.82 Å². The lowest BCUT2D eigenvalue weighted by atomic mass is 10.0. The Morgan fingerprint density at radius 3 is 1.13 bits per heavy atom. The third-order valence-corrected chi connectivity index (χ3v) is 16.8. The molecule has 3 atom stereocenters. The van der Waals surface area contributed by atoms with Gasteiger partial charge in [-0.25, -0.2) is 0 Å². The van der Waals surface area contributed by atoms with Crippen molar-refractivity contribution in [3.05, 3.63) is 85.1 Å². The normalized spacial score (nSPS) is 14.0. The Morgan fingerprint density at radius 1 is 0.424 bits per heavy atom. The van der Waals surface area contributed by atoms with Crippen molar-refractivity contribution in [2.75, 3.05) is 40.9 Å². The SMILES string of the molecule is CC/C=C\C/C=C\C/C=C\C/C=C\C/C=C\C/C=C\CCCCCCC(=O)NC(COP(=O)([O-])OCC[N+](C)(C)C)C(/C=C/CCCCCCCCCCCCC)OC(=O)CCCCCCCCCCCCCCCCCCCCCCCCC. The number of phosphoric acid groups is 1. The largest absolute Gasteiger partial charge is 0.756 e. The van der Waals surface area contributed by atoms with E-state index in [9.17, 15) is 19.0 Å². The van der Waals surface area contributed by atoms with Crippen LogP contribution in [0.25, 0.3) is 0 Å². The van der Waals surface area contributed by atoms with E-state index < -0.39 is 26.6 Å². The Kier molecular flexibility index (Phi) is 62.1. The first-order valence-electron chi connectivity index (χ1n) is 35.9. The highest BCUT2D eigenvalue weighted by Gasteiger charge is 2.27. The molecule has 10 heteroatoms. The summed E-state index contributed by atoms with van der Waals surface area (Å²) in [5, 5.41) is 3.03. The van der Waals surface area contributed by atoms with E-state index in [0.29, 0.717) is 17.4 Å². The zero-order chi connectivity index (χ0) is 62.1. The van der Waals surface area contributed by atoms with Gasteiger partial charge in [0, 0.05) is 12.8 Å². The topological polar surface area (TPSA) is 114 Å². The number of ether oxygens (including phenoxy) is 1. The predicted molar refractivity (Wildman–Crippen MR) is 367 cm³/mol. The molecule has 0 spiro atoms. The fourth-order valence-corrected chi connectivity index (χ4v) is 11.1. The lowest BCUT2D eigenvalue weighted by Gasteiger charge is -2.30. The second kappa shape index (κ2) is 64.2. The lowest BCUT2D eigenvalue weighted by Crippen LogP contribution is -2.47. The van der Waals surface area contributed by atoms with Crippen molar-refractivity contribution in [3.63, 3.8) is 0 Å². The predicted octanol–water partition coefficient (Wildman–Crippen LogP) is 22.3. The number of phosphoric ester groups is 1. The van der Waals surface area contributed by atoms with Crippen LogP contribution in [0, 0.1) is 0 Å². The summed E-state index contributed by atoms with van der Waals surface area (Å²) in [6.07, 6.45) is 85.7. The smallest absolute Gasteiger partial charge is 0.306 e. The highest BCUT2D eigenvalue weighted by atomic mass is 31.2. The van der Waals surface area contributed by atoms with Gasteiger partial charge < -0.3 is 28.5 Å². The number of hydrogen-bond acceptors (Lipinski definition) is 7. The fourth-order valence-electron chi connectivity index (χ4n) is 10.4. The third kappa shape index (κ3) is 65.5. The number of hydrogen-bond donors (Lipinski definition) is 1. The van der Waals surface area contributed by atoms with Crippen LogP contribution in [0.3, 0.4) is 0 Å². The molecule has 0 radical (unpaired) electrons. The van der Waals surface area contributed by atoms with Gasteiger partial charge in [0.15, 0.2) is 0 Å². The number of likely N-dealkylation sites (N-methyl/N-ethyl adjacent to an activating group) is 1. The molecule has 0 aliphatic carbocycles. The Hall–Kier alpha value is -2.81.